The molecule has 2 aliphatic heterocycles. The van der Waals surface area contributed by atoms with E-state index in [9.17, 15) is 5.11 Å². The molecule has 2 aliphatic rings. The number of likely N-dealkylation sites (tertiary alicyclic amines) is 2. The molecule has 0 amide bonds. The SMILES string of the molecule is COC(CCCN1CCCC1)(c1ccccc1)c1ccc(C2CCN(CCCC(O)(c3ccccc3)c3ccccc3)C2)cc1. The molecule has 0 radical (unpaired) electrons. The molecule has 2 saturated heterocycles. The van der Waals surface area contributed by atoms with E-state index in [1.807, 2.05) is 67.8 Å². The van der Waals surface area contributed by atoms with E-state index in [4.69, 9.17) is 4.74 Å². The maximum atomic E-state index is 11.9. The second-order valence-electron chi connectivity index (χ2n) is 13.2. The van der Waals surface area contributed by atoms with Crippen LogP contribution in [0.1, 0.15) is 78.7 Å². The zero-order valence-corrected chi connectivity index (χ0v) is 27.0. The quantitative estimate of drug-likeness (QED) is 0.159. The van der Waals surface area contributed by atoms with Crippen LogP contribution in [0.4, 0.5) is 0 Å². The molecule has 45 heavy (non-hydrogen) atoms. The second-order valence-corrected chi connectivity index (χ2v) is 13.2. The summed E-state index contributed by atoms with van der Waals surface area (Å²) in [5.41, 5.74) is 4.43. The van der Waals surface area contributed by atoms with Gasteiger partial charge in [-0.05, 0) is 111 Å². The first-order chi connectivity index (χ1) is 22.1. The number of aliphatic hydroxyl groups is 1. The number of nitrogens with zero attached hydrogens (tertiary/aromatic N) is 2. The first-order valence-electron chi connectivity index (χ1n) is 17.1. The fourth-order valence-electron chi connectivity index (χ4n) is 7.83. The summed E-state index contributed by atoms with van der Waals surface area (Å²) in [4.78, 5) is 5.18. The van der Waals surface area contributed by atoms with E-state index in [1.165, 1.54) is 49.0 Å². The molecular formula is C41H50N2O2. The van der Waals surface area contributed by atoms with Crippen LogP contribution >= 0.6 is 0 Å². The maximum absolute atomic E-state index is 11.9. The Bertz CT molecular complexity index is 1400. The van der Waals surface area contributed by atoms with Crippen LogP contribution in [0.3, 0.4) is 0 Å². The average molecular weight is 603 g/mol. The third-order valence-corrected chi connectivity index (χ3v) is 10.4. The highest BCUT2D eigenvalue weighted by molar-refractivity contribution is 5.39. The molecule has 236 valence electrons. The summed E-state index contributed by atoms with van der Waals surface area (Å²) < 4.78 is 6.45. The molecule has 4 aromatic rings. The predicted octanol–water partition coefficient (Wildman–Crippen LogP) is 7.96. The van der Waals surface area contributed by atoms with Crippen LogP contribution in [-0.2, 0) is 15.9 Å². The zero-order chi connectivity index (χ0) is 31.0. The molecule has 0 aliphatic carbocycles. The van der Waals surface area contributed by atoms with Gasteiger partial charge in [0.15, 0.2) is 0 Å². The van der Waals surface area contributed by atoms with Gasteiger partial charge in [0.2, 0.25) is 0 Å². The van der Waals surface area contributed by atoms with Gasteiger partial charge >= 0.3 is 0 Å². The summed E-state index contributed by atoms with van der Waals surface area (Å²) in [6.45, 7) is 6.78. The number of rotatable bonds is 14. The van der Waals surface area contributed by atoms with Gasteiger partial charge in [0.05, 0.1) is 0 Å². The highest BCUT2D eigenvalue weighted by Gasteiger charge is 2.35. The van der Waals surface area contributed by atoms with Crippen LogP contribution < -0.4 is 0 Å². The van der Waals surface area contributed by atoms with Crippen molar-refractivity contribution in [1.29, 1.82) is 0 Å². The summed E-state index contributed by atoms with van der Waals surface area (Å²) >= 11 is 0. The van der Waals surface area contributed by atoms with Gasteiger partial charge in [-0.25, -0.2) is 0 Å². The van der Waals surface area contributed by atoms with Crippen molar-refractivity contribution in [2.75, 3.05) is 46.4 Å². The van der Waals surface area contributed by atoms with Crippen LogP contribution in [0.5, 0.6) is 0 Å². The summed E-state index contributed by atoms with van der Waals surface area (Å²) in [5.74, 6) is 0.532. The van der Waals surface area contributed by atoms with Crippen molar-refractivity contribution in [3.8, 4) is 0 Å². The minimum atomic E-state index is -0.974. The van der Waals surface area contributed by atoms with Crippen molar-refractivity contribution in [3.63, 3.8) is 0 Å². The van der Waals surface area contributed by atoms with Gasteiger partial charge in [-0.2, -0.15) is 0 Å². The van der Waals surface area contributed by atoms with E-state index in [1.54, 1.807) is 0 Å². The van der Waals surface area contributed by atoms with Crippen molar-refractivity contribution in [3.05, 3.63) is 143 Å². The highest BCUT2D eigenvalue weighted by Crippen LogP contribution is 2.39. The average Bonchev–Trinajstić information content (AvgIpc) is 3.81. The van der Waals surface area contributed by atoms with Crippen molar-refractivity contribution in [1.82, 2.24) is 9.80 Å². The molecular weight excluding hydrogens is 552 g/mol. The highest BCUT2D eigenvalue weighted by atomic mass is 16.5. The van der Waals surface area contributed by atoms with Crippen LogP contribution in [0.25, 0.3) is 0 Å². The predicted molar refractivity (Wildman–Crippen MR) is 184 cm³/mol. The lowest BCUT2D eigenvalue weighted by Gasteiger charge is -2.35. The van der Waals surface area contributed by atoms with E-state index < -0.39 is 11.2 Å². The van der Waals surface area contributed by atoms with E-state index in [-0.39, 0.29) is 0 Å². The number of methoxy groups -OCH3 is 1. The van der Waals surface area contributed by atoms with Gasteiger partial charge in [0.1, 0.15) is 11.2 Å². The standard InChI is InChI=1S/C41H50N2O2/c1-45-41(38-19-9-4-10-20-38,27-14-30-42-28-11-12-29-42)39-23-21-34(22-24-39)35-25-32-43(33-35)31-13-26-40(44,36-15-5-2-6-16-36)37-17-7-3-8-18-37/h2-10,15-24,35,44H,11-14,25-33H2,1H3. The van der Waals surface area contributed by atoms with Crippen LogP contribution in [0, 0.1) is 0 Å². The Kier molecular flexibility index (Phi) is 10.5. The first-order valence-corrected chi connectivity index (χ1v) is 17.1. The van der Waals surface area contributed by atoms with E-state index in [2.05, 4.69) is 64.4 Å². The Morgan fingerprint density at radius 3 is 1.71 bits per heavy atom. The van der Waals surface area contributed by atoms with E-state index in [0.717, 1.165) is 56.6 Å². The zero-order valence-electron chi connectivity index (χ0n) is 27.0. The van der Waals surface area contributed by atoms with Gasteiger partial charge in [-0.15, -0.1) is 0 Å². The third kappa shape index (κ3) is 7.26. The fourth-order valence-corrected chi connectivity index (χ4v) is 7.83. The summed E-state index contributed by atoms with van der Waals surface area (Å²) in [6, 6.07) is 40.4. The minimum absolute atomic E-state index is 0.435. The summed E-state index contributed by atoms with van der Waals surface area (Å²) in [7, 11) is 1.88. The third-order valence-electron chi connectivity index (χ3n) is 10.4. The molecule has 4 heteroatoms. The Balaban J connectivity index is 1.09. The Hall–Kier alpha value is -3.28. The van der Waals surface area contributed by atoms with Gasteiger partial charge in [-0.3, -0.25) is 0 Å². The topological polar surface area (TPSA) is 35.9 Å². The van der Waals surface area contributed by atoms with Crippen molar-refractivity contribution >= 4 is 0 Å². The van der Waals surface area contributed by atoms with Crippen LogP contribution in [-0.4, -0.2) is 61.3 Å². The van der Waals surface area contributed by atoms with Crippen LogP contribution in [0.15, 0.2) is 115 Å². The van der Waals surface area contributed by atoms with Gasteiger partial charge in [0, 0.05) is 13.7 Å². The molecule has 4 aromatic carbocycles. The summed E-state index contributed by atoms with van der Waals surface area (Å²) in [5, 5.41) is 11.9. The molecule has 2 heterocycles. The van der Waals surface area contributed by atoms with E-state index >= 15 is 0 Å². The van der Waals surface area contributed by atoms with Gasteiger partial charge in [-0.1, -0.05) is 115 Å². The molecule has 6 rings (SSSR count). The Morgan fingerprint density at radius 1 is 0.622 bits per heavy atom. The number of benzene rings is 4. The first kappa shape index (κ1) is 31.7. The van der Waals surface area contributed by atoms with Crippen molar-refractivity contribution in [2.45, 2.75) is 62.1 Å². The Labute approximate surface area is 270 Å². The van der Waals surface area contributed by atoms with Crippen molar-refractivity contribution < 1.29 is 9.84 Å². The lowest BCUT2D eigenvalue weighted by molar-refractivity contribution is 0.0110. The molecule has 1 N–H and O–H groups in total. The number of hydrogen-bond donors (Lipinski definition) is 1. The summed E-state index contributed by atoms with van der Waals surface area (Å²) in [6.07, 6.45) is 7.56. The molecule has 0 aromatic heterocycles. The normalized spacial score (nSPS) is 19.1. The molecule has 0 bridgehead atoms. The van der Waals surface area contributed by atoms with Gasteiger partial charge in [0.25, 0.3) is 0 Å². The second kappa shape index (κ2) is 14.9. The largest absolute Gasteiger partial charge is 0.380 e. The molecule has 2 atom stereocenters. The number of hydrogen-bond acceptors (Lipinski definition) is 4. The fraction of sp³-hybridized carbons (Fsp3) is 0.415. The van der Waals surface area contributed by atoms with Gasteiger partial charge < -0.3 is 19.6 Å². The molecule has 4 nitrogen and oxygen atoms in total. The smallest absolute Gasteiger partial charge is 0.118 e. The maximum Gasteiger partial charge on any atom is 0.118 e. The lowest BCUT2D eigenvalue weighted by atomic mass is 9.81. The monoisotopic (exact) mass is 602 g/mol. The minimum Gasteiger partial charge on any atom is -0.380 e. The molecule has 2 fully saturated rings. The molecule has 2 unspecified atom stereocenters. The Morgan fingerprint density at radius 2 is 1.13 bits per heavy atom. The molecule has 0 saturated carbocycles. The number of ether oxygens (including phenoxy) is 1. The van der Waals surface area contributed by atoms with E-state index in [0.29, 0.717) is 12.3 Å². The van der Waals surface area contributed by atoms with Crippen LogP contribution in [0.2, 0.25) is 0 Å². The molecule has 0 spiro atoms. The van der Waals surface area contributed by atoms with Crippen molar-refractivity contribution in [2.24, 2.45) is 0 Å². The lowest BCUT2D eigenvalue weighted by Crippen LogP contribution is -2.32.